The van der Waals surface area contributed by atoms with Crippen LogP contribution >= 0.6 is 0 Å². The Kier molecular flexibility index (Phi) is 4.80. The molecule has 1 saturated heterocycles. The number of piperidine rings is 1. The summed E-state index contributed by atoms with van der Waals surface area (Å²) in [4.78, 5) is 14.2. The molecule has 1 amide bonds. The van der Waals surface area contributed by atoms with E-state index in [-0.39, 0.29) is 5.91 Å². The molecule has 0 aliphatic carbocycles. The van der Waals surface area contributed by atoms with Crippen LogP contribution in [-0.2, 0) is 0 Å². The second-order valence-electron chi connectivity index (χ2n) is 5.03. The highest BCUT2D eigenvalue weighted by molar-refractivity contribution is 5.96. The van der Waals surface area contributed by atoms with Crippen molar-refractivity contribution in [2.75, 3.05) is 27.2 Å². The monoisotopic (exact) mass is 262 g/mol. The number of likely N-dealkylation sites (N-methyl/N-ethyl adjacent to an activating group) is 1. The largest absolute Gasteiger partial charge is 0.496 e. The van der Waals surface area contributed by atoms with E-state index in [9.17, 15) is 4.79 Å². The minimum absolute atomic E-state index is 0.0184. The molecule has 1 heterocycles. The summed E-state index contributed by atoms with van der Waals surface area (Å²) < 4.78 is 5.24. The number of hydrogen-bond acceptors (Lipinski definition) is 3. The molecule has 1 aromatic rings. The normalized spacial score (nSPS) is 18.9. The number of ether oxygens (including phenoxy) is 1. The number of amides is 1. The lowest BCUT2D eigenvalue weighted by Crippen LogP contribution is -2.44. The number of carbonyl (C=O) groups is 1. The van der Waals surface area contributed by atoms with Crippen LogP contribution in [0.2, 0.25) is 0 Å². The molecule has 1 atom stereocenters. The first-order valence-corrected chi connectivity index (χ1v) is 6.84. The SMILES string of the molecule is COc1ccccc1C(=O)N(C)CC1CCCCN1. The Hall–Kier alpha value is -1.55. The molecular weight excluding hydrogens is 240 g/mol. The highest BCUT2D eigenvalue weighted by atomic mass is 16.5. The Labute approximate surface area is 114 Å². The van der Waals surface area contributed by atoms with Crippen LogP contribution < -0.4 is 10.1 Å². The topological polar surface area (TPSA) is 41.6 Å². The van der Waals surface area contributed by atoms with Crippen LogP contribution in [-0.4, -0.2) is 44.1 Å². The molecule has 104 valence electrons. The quantitative estimate of drug-likeness (QED) is 0.901. The Morgan fingerprint density at radius 2 is 2.21 bits per heavy atom. The maximum Gasteiger partial charge on any atom is 0.257 e. The zero-order chi connectivity index (χ0) is 13.7. The smallest absolute Gasteiger partial charge is 0.257 e. The van der Waals surface area contributed by atoms with Crippen molar-refractivity contribution in [2.45, 2.75) is 25.3 Å². The number of methoxy groups -OCH3 is 1. The molecule has 0 spiro atoms. The molecule has 4 heteroatoms. The van der Waals surface area contributed by atoms with Gasteiger partial charge in [0.15, 0.2) is 0 Å². The minimum Gasteiger partial charge on any atom is -0.496 e. The second-order valence-corrected chi connectivity index (χ2v) is 5.03. The summed E-state index contributed by atoms with van der Waals surface area (Å²) in [5.74, 6) is 0.653. The fourth-order valence-corrected chi connectivity index (χ4v) is 2.52. The van der Waals surface area contributed by atoms with E-state index in [0.29, 0.717) is 17.4 Å². The van der Waals surface area contributed by atoms with Gasteiger partial charge in [0, 0.05) is 19.6 Å². The zero-order valence-electron chi connectivity index (χ0n) is 11.7. The van der Waals surface area contributed by atoms with Crippen molar-refractivity contribution in [1.29, 1.82) is 0 Å². The van der Waals surface area contributed by atoms with Crippen LogP contribution in [0.4, 0.5) is 0 Å². The summed E-state index contributed by atoms with van der Waals surface area (Å²) in [5, 5.41) is 3.46. The van der Waals surface area contributed by atoms with Crippen molar-refractivity contribution in [1.82, 2.24) is 10.2 Å². The molecular formula is C15H22N2O2. The molecule has 4 nitrogen and oxygen atoms in total. The van der Waals surface area contributed by atoms with Gasteiger partial charge in [-0.1, -0.05) is 18.6 Å². The van der Waals surface area contributed by atoms with Crippen LogP contribution in [0, 0.1) is 0 Å². The summed E-state index contributed by atoms with van der Waals surface area (Å²) in [7, 11) is 3.44. The third-order valence-electron chi connectivity index (χ3n) is 3.59. The van der Waals surface area contributed by atoms with E-state index in [0.717, 1.165) is 19.5 Å². The third kappa shape index (κ3) is 3.47. The van der Waals surface area contributed by atoms with E-state index in [1.807, 2.05) is 31.3 Å². The van der Waals surface area contributed by atoms with Crippen LogP contribution in [0.3, 0.4) is 0 Å². The van der Waals surface area contributed by atoms with E-state index in [4.69, 9.17) is 4.74 Å². The summed E-state index contributed by atoms with van der Waals surface area (Å²) in [6.45, 7) is 1.80. The van der Waals surface area contributed by atoms with Gasteiger partial charge in [-0.05, 0) is 31.5 Å². The van der Waals surface area contributed by atoms with Gasteiger partial charge in [0.25, 0.3) is 5.91 Å². The van der Waals surface area contributed by atoms with Crippen LogP contribution in [0.5, 0.6) is 5.75 Å². The summed E-state index contributed by atoms with van der Waals surface area (Å²) >= 11 is 0. The molecule has 0 aromatic heterocycles. The van der Waals surface area contributed by atoms with Crippen molar-refractivity contribution in [3.8, 4) is 5.75 Å². The van der Waals surface area contributed by atoms with Gasteiger partial charge in [0.2, 0.25) is 0 Å². The van der Waals surface area contributed by atoms with Gasteiger partial charge in [0.1, 0.15) is 5.75 Å². The van der Waals surface area contributed by atoms with Gasteiger partial charge in [-0.25, -0.2) is 0 Å². The number of rotatable bonds is 4. The lowest BCUT2D eigenvalue weighted by Gasteiger charge is -2.28. The molecule has 1 aromatic carbocycles. The van der Waals surface area contributed by atoms with Crippen molar-refractivity contribution in [2.24, 2.45) is 0 Å². The lowest BCUT2D eigenvalue weighted by atomic mass is 10.0. The number of benzene rings is 1. The van der Waals surface area contributed by atoms with E-state index in [1.165, 1.54) is 12.8 Å². The van der Waals surface area contributed by atoms with Crippen molar-refractivity contribution < 1.29 is 9.53 Å². The standard InChI is InChI=1S/C15H22N2O2/c1-17(11-12-7-5-6-10-16-12)15(18)13-8-3-4-9-14(13)19-2/h3-4,8-9,12,16H,5-7,10-11H2,1-2H3. The van der Waals surface area contributed by atoms with Gasteiger partial charge in [-0.2, -0.15) is 0 Å². The van der Waals surface area contributed by atoms with E-state index < -0.39 is 0 Å². The predicted molar refractivity (Wildman–Crippen MR) is 75.6 cm³/mol. The summed E-state index contributed by atoms with van der Waals surface area (Å²) in [5.41, 5.74) is 0.628. The lowest BCUT2D eigenvalue weighted by molar-refractivity contribution is 0.0772. The maximum atomic E-state index is 12.4. The number of nitrogens with zero attached hydrogens (tertiary/aromatic N) is 1. The van der Waals surface area contributed by atoms with Crippen LogP contribution in [0.1, 0.15) is 29.6 Å². The summed E-state index contributed by atoms with van der Waals surface area (Å²) in [6, 6.07) is 7.78. The molecule has 0 bridgehead atoms. The van der Waals surface area contributed by atoms with Gasteiger partial charge in [-0.15, -0.1) is 0 Å². The van der Waals surface area contributed by atoms with Crippen molar-refractivity contribution >= 4 is 5.91 Å². The van der Waals surface area contributed by atoms with Crippen LogP contribution in [0.15, 0.2) is 24.3 Å². The number of carbonyl (C=O) groups excluding carboxylic acids is 1. The molecule has 1 fully saturated rings. The summed E-state index contributed by atoms with van der Waals surface area (Å²) in [6.07, 6.45) is 3.62. The average Bonchev–Trinajstić information content (AvgIpc) is 2.47. The first kappa shape index (κ1) is 13.9. The molecule has 19 heavy (non-hydrogen) atoms. The van der Waals surface area contributed by atoms with E-state index in [1.54, 1.807) is 12.0 Å². The highest BCUT2D eigenvalue weighted by Crippen LogP contribution is 2.19. The van der Waals surface area contributed by atoms with Crippen molar-refractivity contribution in [3.63, 3.8) is 0 Å². The number of hydrogen-bond donors (Lipinski definition) is 1. The molecule has 0 saturated carbocycles. The maximum absolute atomic E-state index is 12.4. The molecule has 1 aliphatic heterocycles. The highest BCUT2D eigenvalue weighted by Gasteiger charge is 2.20. The molecule has 2 rings (SSSR count). The first-order valence-electron chi connectivity index (χ1n) is 6.84. The molecule has 1 aliphatic rings. The fourth-order valence-electron chi connectivity index (χ4n) is 2.52. The van der Waals surface area contributed by atoms with Crippen molar-refractivity contribution in [3.05, 3.63) is 29.8 Å². The fraction of sp³-hybridized carbons (Fsp3) is 0.533. The average molecular weight is 262 g/mol. The minimum atomic E-state index is 0.0184. The zero-order valence-corrected chi connectivity index (χ0v) is 11.7. The second kappa shape index (κ2) is 6.57. The number of nitrogens with one attached hydrogen (secondary N) is 1. The van der Waals surface area contributed by atoms with Gasteiger partial charge >= 0.3 is 0 Å². The molecule has 0 radical (unpaired) electrons. The van der Waals surface area contributed by atoms with E-state index in [2.05, 4.69) is 5.32 Å². The van der Waals surface area contributed by atoms with Crippen LogP contribution in [0.25, 0.3) is 0 Å². The Morgan fingerprint density at radius 1 is 1.42 bits per heavy atom. The predicted octanol–water partition coefficient (Wildman–Crippen LogP) is 1.91. The Bertz CT molecular complexity index is 428. The third-order valence-corrected chi connectivity index (χ3v) is 3.59. The molecule has 1 N–H and O–H groups in total. The van der Waals surface area contributed by atoms with Gasteiger partial charge in [0.05, 0.1) is 12.7 Å². The van der Waals surface area contributed by atoms with Gasteiger partial charge in [-0.3, -0.25) is 4.79 Å². The first-order chi connectivity index (χ1) is 9.22. The molecule has 1 unspecified atom stereocenters. The Balaban J connectivity index is 2.01. The number of para-hydroxylation sites is 1. The van der Waals surface area contributed by atoms with Gasteiger partial charge < -0.3 is 15.0 Å². The Morgan fingerprint density at radius 3 is 2.89 bits per heavy atom. The van der Waals surface area contributed by atoms with E-state index >= 15 is 0 Å².